The molecule has 0 bridgehead atoms. The SMILES string of the molecule is CCC(O)C1(O)CCC(N2CC(CC(=O)CNc3cc(C(F)(F)F)nc4ccc(C(F)(F)F)cc34)C2)CC1. The predicted octanol–water partition coefficient (Wildman–Crippen LogP) is 5.02. The van der Waals surface area contributed by atoms with Crippen LogP contribution in [-0.2, 0) is 17.1 Å². The molecule has 3 N–H and O–H groups in total. The highest BCUT2D eigenvalue weighted by Crippen LogP contribution is 2.38. The van der Waals surface area contributed by atoms with E-state index in [1.54, 1.807) is 0 Å². The molecule has 210 valence electrons. The molecule has 12 heteroatoms. The quantitative estimate of drug-likeness (QED) is 0.403. The highest BCUT2D eigenvalue weighted by molar-refractivity contribution is 5.94. The molecular formula is C26H31F6N3O3. The van der Waals surface area contributed by atoms with Gasteiger partial charge in [-0.1, -0.05) is 6.92 Å². The van der Waals surface area contributed by atoms with Crippen molar-refractivity contribution in [1.82, 2.24) is 9.88 Å². The smallest absolute Gasteiger partial charge is 0.390 e. The van der Waals surface area contributed by atoms with Gasteiger partial charge in [-0.3, -0.25) is 9.69 Å². The number of carbonyl (C=O) groups excluding carboxylic acids is 1. The number of aliphatic hydroxyl groups is 2. The molecule has 2 heterocycles. The largest absolute Gasteiger partial charge is 0.433 e. The van der Waals surface area contributed by atoms with E-state index in [9.17, 15) is 41.4 Å². The number of benzene rings is 1. The number of pyridine rings is 1. The maximum absolute atomic E-state index is 13.3. The van der Waals surface area contributed by atoms with Gasteiger partial charge in [0.25, 0.3) is 0 Å². The van der Waals surface area contributed by atoms with Gasteiger partial charge in [-0.25, -0.2) is 4.98 Å². The Hall–Kier alpha value is -2.44. The minimum Gasteiger partial charge on any atom is -0.390 e. The van der Waals surface area contributed by atoms with Crippen LogP contribution in [0.25, 0.3) is 10.9 Å². The fourth-order valence-electron chi connectivity index (χ4n) is 5.50. The second kappa shape index (κ2) is 10.6. The molecule has 4 rings (SSSR count). The van der Waals surface area contributed by atoms with Crippen LogP contribution in [0.1, 0.15) is 56.7 Å². The Kier molecular flexibility index (Phi) is 7.98. The molecule has 1 aliphatic heterocycles. The third-order valence-corrected chi connectivity index (χ3v) is 7.75. The lowest BCUT2D eigenvalue weighted by Crippen LogP contribution is -2.56. The van der Waals surface area contributed by atoms with Crippen molar-refractivity contribution in [2.24, 2.45) is 5.92 Å². The molecule has 6 nitrogen and oxygen atoms in total. The number of rotatable bonds is 8. The van der Waals surface area contributed by atoms with Crippen molar-refractivity contribution in [3.63, 3.8) is 0 Å². The van der Waals surface area contributed by atoms with Crippen molar-refractivity contribution in [2.45, 2.75) is 75.5 Å². The van der Waals surface area contributed by atoms with Crippen molar-refractivity contribution in [1.29, 1.82) is 0 Å². The number of nitrogens with zero attached hydrogens (tertiary/aromatic N) is 2. The molecule has 0 amide bonds. The Morgan fingerprint density at radius 2 is 1.79 bits per heavy atom. The van der Waals surface area contributed by atoms with E-state index in [2.05, 4.69) is 15.2 Å². The van der Waals surface area contributed by atoms with Crippen LogP contribution in [0.5, 0.6) is 0 Å². The minimum absolute atomic E-state index is 0.0723. The normalized spacial score (nSPS) is 24.3. The first-order valence-electron chi connectivity index (χ1n) is 12.7. The Morgan fingerprint density at radius 3 is 2.37 bits per heavy atom. The second-order valence-corrected chi connectivity index (χ2v) is 10.5. The number of Topliss-reactive ketones (excluding diaryl/α,β-unsaturated/α-hetero) is 1. The van der Waals surface area contributed by atoms with Gasteiger partial charge in [0.2, 0.25) is 0 Å². The third kappa shape index (κ3) is 6.23. The molecule has 2 fully saturated rings. The number of ketones is 1. The van der Waals surface area contributed by atoms with Gasteiger partial charge >= 0.3 is 12.4 Å². The van der Waals surface area contributed by atoms with Gasteiger partial charge in [0.1, 0.15) is 5.69 Å². The number of likely N-dealkylation sites (tertiary alicyclic amines) is 1. The number of alkyl halides is 6. The fraction of sp³-hybridized carbons (Fsp3) is 0.615. The zero-order valence-electron chi connectivity index (χ0n) is 20.9. The summed E-state index contributed by atoms with van der Waals surface area (Å²) in [4.78, 5) is 18.3. The molecule has 1 aromatic heterocycles. The van der Waals surface area contributed by atoms with Gasteiger partial charge in [0.15, 0.2) is 5.78 Å². The average molecular weight is 548 g/mol. The average Bonchev–Trinajstić information content (AvgIpc) is 2.83. The van der Waals surface area contributed by atoms with Crippen molar-refractivity contribution < 1.29 is 41.4 Å². The zero-order valence-corrected chi connectivity index (χ0v) is 20.9. The molecule has 38 heavy (non-hydrogen) atoms. The Bertz CT molecular complexity index is 1160. The number of hydrogen-bond donors (Lipinski definition) is 3. The fourth-order valence-corrected chi connectivity index (χ4v) is 5.50. The number of halogens is 6. The number of fused-ring (bicyclic) bond motifs is 1. The molecule has 2 aromatic rings. The number of hydrogen-bond acceptors (Lipinski definition) is 6. The Balaban J connectivity index is 1.35. The number of nitrogens with one attached hydrogen (secondary N) is 1. The molecule has 1 saturated carbocycles. The van der Waals surface area contributed by atoms with Gasteiger partial charge in [0.05, 0.1) is 29.3 Å². The van der Waals surface area contributed by atoms with E-state index in [1.165, 1.54) is 0 Å². The van der Waals surface area contributed by atoms with Gasteiger partial charge in [-0.2, -0.15) is 26.3 Å². The van der Waals surface area contributed by atoms with Gasteiger partial charge < -0.3 is 15.5 Å². The van der Waals surface area contributed by atoms with E-state index in [0.29, 0.717) is 44.5 Å². The summed E-state index contributed by atoms with van der Waals surface area (Å²) >= 11 is 0. The summed E-state index contributed by atoms with van der Waals surface area (Å²) < 4.78 is 79.4. The first-order valence-corrected chi connectivity index (χ1v) is 12.7. The topological polar surface area (TPSA) is 85.7 Å². The Labute approximate surface area is 216 Å². The van der Waals surface area contributed by atoms with Crippen LogP contribution in [0.2, 0.25) is 0 Å². The Morgan fingerprint density at radius 1 is 1.13 bits per heavy atom. The highest BCUT2D eigenvalue weighted by Gasteiger charge is 2.42. The van der Waals surface area contributed by atoms with E-state index in [0.717, 1.165) is 25.0 Å². The van der Waals surface area contributed by atoms with E-state index in [4.69, 9.17) is 0 Å². The van der Waals surface area contributed by atoms with E-state index in [-0.39, 0.29) is 47.3 Å². The number of carbonyl (C=O) groups is 1. The van der Waals surface area contributed by atoms with Crippen LogP contribution in [0.15, 0.2) is 24.3 Å². The maximum atomic E-state index is 13.3. The molecule has 1 aliphatic carbocycles. The van der Waals surface area contributed by atoms with Crippen LogP contribution >= 0.6 is 0 Å². The summed E-state index contributed by atoms with van der Waals surface area (Å²) in [5.74, 6) is -0.188. The van der Waals surface area contributed by atoms with Crippen LogP contribution in [0, 0.1) is 5.92 Å². The lowest BCUT2D eigenvalue weighted by molar-refractivity contribution is -0.141. The maximum Gasteiger partial charge on any atom is 0.433 e. The summed E-state index contributed by atoms with van der Waals surface area (Å²) in [6.07, 6.45) is -7.07. The van der Waals surface area contributed by atoms with Crippen LogP contribution in [-0.4, -0.2) is 63.3 Å². The standard InChI is InChI=1S/C26H31F6N3O3/c1-2-23(37)24(38)7-5-17(6-8-24)35-13-15(14-35)9-18(36)12-33-21-11-22(26(30,31)32)34-20-4-3-16(10-19(20)21)25(27,28)29/h3-4,10-11,15,17,23,37-38H,2,5-9,12-14H2,1H3,(H,33,34). The van der Waals surface area contributed by atoms with Crippen molar-refractivity contribution in [3.8, 4) is 0 Å². The summed E-state index contributed by atoms with van der Waals surface area (Å²) in [6, 6.07) is 3.17. The summed E-state index contributed by atoms with van der Waals surface area (Å²) in [5, 5.41) is 23.1. The van der Waals surface area contributed by atoms with Crippen molar-refractivity contribution in [2.75, 3.05) is 25.0 Å². The van der Waals surface area contributed by atoms with Crippen LogP contribution in [0.4, 0.5) is 32.0 Å². The molecule has 0 spiro atoms. The van der Waals surface area contributed by atoms with Crippen LogP contribution < -0.4 is 5.32 Å². The van der Waals surface area contributed by atoms with E-state index < -0.39 is 35.3 Å². The van der Waals surface area contributed by atoms with Crippen LogP contribution in [0.3, 0.4) is 0 Å². The number of anilines is 1. The monoisotopic (exact) mass is 547 g/mol. The highest BCUT2D eigenvalue weighted by atomic mass is 19.4. The lowest BCUT2D eigenvalue weighted by Gasteiger charge is -2.48. The zero-order chi connectivity index (χ0) is 27.9. The van der Waals surface area contributed by atoms with E-state index in [1.807, 2.05) is 6.92 Å². The van der Waals surface area contributed by atoms with Gasteiger partial charge in [-0.15, -0.1) is 0 Å². The summed E-state index contributed by atoms with van der Waals surface area (Å²) in [6.45, 7) is 2.86. The van der Waals surface area contributed by atoms with Gasteiger partial charge in [-0.05, 0) is 62.3 Å². The molecule has 1 unspecified atom stereocenters. The first kappa shape index (κ1) is 28.6. The molecule has 1 saturated heterocycles. The first-order chi connectivity index (χ1) is 17.7. The molecular weight excluding hydrogens is 516 g/mol. The van der Waals surface area contributed by atoms with E-state index >= 15 is 0 Å². The summed E-state index contributed by atoms with van der Waals surface area (Å²) in [5.41, 5.74) is -3.84. The van der Waals surface area contributed by atoms with Gasteiger partial charge in [0, 0.05) is 36.6 Å². The van der Waals surface area contributed by atoms with Crippen molar-refractivity contribution in [3.05, 3.63) is 35.5 Å². The number of aliphatic hydroxyl groups excluding tert-OH is 1. The summed E-state index contributed by atoms with van der Waals surface area (Å²) in [7, 11) is 0. The predicted molar refractivity (Wildman–Crippen MR) is 128 cm³/mol. The molecule has 1 aromatic carbocycles. The minimum atomic E-state index is -4.81. The number of aromatic nitrogens is 1. The second-order valence-electron chi connectivity index (χ2n) is 10.5. The van der Waals surface area contributed by atoms with Crippen molar-refractivity contribution >= 4 is 22.4 Å². The lowest BCUT2D eigenvalue weighted by atomic mass is 9.76. The molecule has 1 atom stereocenters. The third-order valence-electron chi connectivity index (χ3n) is 7.75. The molecule has 2 aliphatic rings. The molecule has 0 radical (unpaired) electrons.